The standard InChI is InChI=1S/C25H33N5O2.HI/c1-18-8-9-20(23(14-18)32-17-22-7-5-13-31-22)15-28-25(26-3)27-11-10-21-16-30-12-4-6-19(2)24(30)29-21;/h4,6,8-9,12,14,16,22H,5,7,10-11,13,15,17H2,1-3H3,(H2,26,27,28);1H. The van der Waals surface area contributed by atoms with Gasteiger partial charge in [-0.05, 0) is 49.9 Å². The molecule has 1 aliphatic heterocycles. The van der Waals surface area contributed by atoms with Gasteiger partial charge in [-0.15, -0.1) is 24.0 Å². The van der Waals surface area contributed by atoms with E-state index in [-0.39, 0.29) is 30.1 Å². The number of aryl methyl sites for hydroxylation is 2. The molecule has 4 rings (SSSR count). The maximum Gasteiger partial charge on any atom is 0.191 e. The number of fused-ring (bicyclic) bond motifs is 1. The van der Waals surface area contributed by atoms with Crippen molar-refractivity contribution in [3.63, 3.8) is 0 Å². The van der Waals surface area contributed by atoms with E-state index in [1.54, 1.807) is 7.05 Å². The number of benzene rings is 1. The lowest BCUT2D eigenvalue weighted by Crippen LogP contribution is -2.38. The fraction of sp³-hybridized carbons (Fsp3) is 0.440. The number of pyridine rings is 1. The Kier molecular flexibility index (Phi) is 9.37. The molecule has 1 unspecified atom stereocenters. The molecule has 8 heteroatoms. The molecular formula is C25H34IN5O2. The van der Waals surface area contributed by atoms with Crippen LogP contribution < -0.4 is 15.4 Å². The molecule has 1 fully saturated rings. The molecule has 1 atom stereocenters. The van der Waals surface area contributed by atoms with Crippen LogP contribution in [0.4, 0.5) is 0 Å². The lowest BCUT2D eigenvalue weighted by atomic mass is 10.1. The number of aliphatic imine (C=N–C) groups is 1. The summed E-state index contributed by atoms with van der Waals surface area (Å²) in [4.78, 5) is 9.09. The summed E-state index contributed by atoms with van der Waals surface area (Å²) in [5.41, 5.74) is 5.54. The molecule has 1 saturated heterocycles. The van der Waals surface area contributed by atoms with Crippen molar-refractivity contribution in [2.24, 2.45) is 4.99 Å². The van der Waals surface area contributed by atoms with Crippen molar-refractivity contribution in [1.82, 2.24) is 20.0 Å². The van der Waals surface area contributed by atoms with Crippen molar-refractivity contribution in [3.8, 4) is 5.75 Å². The number of hydrogen-bond acceptors (Lipinski definition) is 4. The first kappa shape index (κ1) is 25.3. The Morgan fingerprint density at radius 2 is 2.15 bits per heavy atom. The molecule has 2 N–H and O–H groups in total. The van der Waals surface area contributed by atoms with Gasteiger partial charge < -0.3 is 24.5 Å². The second-order valence-electron chi connectivity index (χ2n) is 8.31. The number of halogens is 1. The third-order valence-corrected chi connectivity index (χ3v) is 5.74. The van der Waals surface area contributed by atoms with Gasteiger partial charge in [0.15, 0.2) is 5.96 Å². The van der Waals surface area contributed by atoms with E-state index < -0.39 is 0 Å². The predicted molar refractivity (Wildman–Crippen MR) is 143 cm³/mol. The lowest BCUT2D eigenvalue weighted by molar-refractivity contribution is 0.0676. The highest BCUT2D eigenvalue weighted by atomic mass is 127. The van der Waals surface area contributed by atoms with Crippen LogP contribution >= 0.6 is 24.0 Å². The van der Waals surface area contributed by atoms with Crippen molar-refractivity contribution >= 4 is 35.6 Å². The van der Waals surface area contributed by atoms with Gasteiger partial charge in [0.25, 0.3) is 0 Å². The van der Waals surface area contributed by atoms with E-state index in [9.17, 15) is 0 Å². The number of nitrogens with zero attached hydrogens (tertiary/aromatic N) is 3. The molecule has 0 aliphatic carbocycles. The average Bonchev–Trinajstić information content (AvgIpc) is 3.46. The van der Waals surface area contributed by atoms with E-state index in [2.05, 4.69) is 64.3 Å². The number of rotatable bonds is 8. The molecule has 3 heterocycles. The molecular weight excluding hydrogens is 529 g/mol. The molecule has 0 amide bonds. The number of ether oxygens (including phenoxy) is 2. The molecule has 7 nitrogen and oxygen atoms in total. The summed E-state index contributed by atoms with van der Waals surface area (Å²) in [5, 5.41) is 6.78. The van der Waals surface area contributed by atoms with Crippen LogP contribution in [-0.4, -0.2) is 48.3 Å². The van der Waals surface area contributed by atoms with Crippen LogP contribution in [0, 0.1) is 13.8 Å². The number of hydrogen-bond donors (Lipinski definition) is 2. The Morgan fingerprint density at radius 3 is 2.91 bits per heavy atom. The summed E-state index contributed by atoms with van der Waals surface area (Å²) in [7, 11) is 1.79. The third-order valence-electron chi connectivity index (χ3n) is 5.74. The number of imidazole rings is 1. The molecule has 178 valence electrons. The normalized spacial score (nSPS) is 16.0. The van der Waals surface area contributed by atoms with Crippen LogP contribution in [0.2, 0.25) is 0 Å². The van der Waals surface area contributed by atoms with Crippen LogP contribution in [-0.2, 0) is 17.7 Å². The van der Waals surface area contributed by atoms with Gasteiger partial charge in [-0.2, -0.15) is 0 Å². The molecule has 1 aromatic carbocycles. The largest absolute Gasteiger partial charge is 0.491 e. The van der Waals surface area contributed by atoms with E-state index in [1.807, 2.05) is 12.3 Å². The molecule has 0 spiro atoms. The van der Waals surface area contributed by atoms with Gasteiger partial charge in [-0.1, -0.05) is 18.2 Å². The summed E-state index contributed by atoms with van der Waals surface area (Å²) in [6, 6.07) is 10.4. The van der Waals surface area contributed by atoms with Crippen LogP contribution in [0.3, 0.4) is 0 Å². The number of guanidine groups is 1. The van der Waals surface area contributed by atoms with Crippen LogP contribution in [0.5, 0.6) is 5.75 Å². The highest BCUT2D eigenvalue weighted by Crippen LogP contribution is 2.22. The molecule has 0 radical (unpaired) electrons. The van der Waals surface area contributed by atoms with Crippen LogP contribution in [0.25, 0.3) is 5.65 Å². The maximum absolute atomic E-state index is 6.11. The molecule has 33 heavy (non-hydrogen) atoms. The highest BCUT2D eigenvalue weighted by molar-refractivity contribution is 14.0. The summed E-state index contributed by atoms with van der Waals surface area (Å²) in [6.45, 7) is 6.99. The first-order chi connectivity index (χ1) is 15.6. The summed E-state index contributed by atoms with van der Waals surface area (Å²) >= 11 is 0. The van der Waals surface area contributed by atoms with Crippen LogP contribution in [0.1, 0.15) is 35.2 Å². The van der Waals surface area contributed by atoms with Gasteiger partial charge in [0, 0.05) is 51.1 Å². The molecule has 1 aliphatic rings. The lowest BCUT2D eigenvalue weighted by Gasteiger charge is -2.17. The highest BCUT2D eigenvalue weighted by Gasteiger charge is 2.17. The minimum Gasteiger partial charge on any atom is -0.491 e. The first-order valence-electron chi connectivity index (χ1n) is 11.3. The van der Waals surface area contributed by atoms with Gasteiger partial charge in [-0.25, -0.2) is 4.98 Å². The minimum atomic E-state index is 0. The third kappa shape index (κ3) is 6.83. The quantitative estimate of drug-likeness (QED) is 0.246. The van der Waals surface area contributed by atoms with Crippen molar-refractivity contribution in [2.45, 2.75) is 45.8 Å². The van der Waals surface area contributed by atoms with Gasteiger partial charge in [-0.3, -0.25) is 4.99 Å². The van der Waals surface area contributed by atoms with Gasteiger partial charge in [0.1, 0.15) is 18.0 Å². The Morgan fingerprint density at radius 1 is 1.27 bits per heavy atom. The monoisotopic (exact) mass is 563 g/mol. The van der Waals surface area contributed by atoms with Gasteiger partial charge in [0.05, 0.1) is 11.8 Å². The Balaban J connectivity index is 0.00000306. The molecule has 0 saturated carbocycles. The number of aromatic nitrogens is 2. The van der Waals surface area contributed by atoms with Crippen molar-refractivity contribution in [3.05, 3.63) is 65.1 Å². The Hall–Kier alpha value is -2.33. The second kappa shape index (κ2) is 12.2. The van der Waals surface area contributed by atoms with Gasteiger partial charge >= 0.3 is 0 Å². The van der Waals surface area contributed by atoms with E-state index in [0.29, 0.717) is 13.2 Å². The summed E-state index contributed by atoms with van der Waals surface area (Å²) in [5.74, 6) is 1.67. The van der Waals surface area contributed by atoms with Crippen molar-refractivity contribution in [1.29, 1.82) is 0 Å². The first-order valence-corrected chi connectivity index (χ1v) is 11.3. The van der Waals surface area contributed by atoms with E-state index >= 15 is 0 Å². The fourth-order valence-electron chi connectivity index (χ4n) is 3.93. The molecule has 3 aromatic rings. The Labute approximate surface area is 213 Å². The number of nitrogens with one attached hydrogen (secondary N) is 2. The Bertz CT molecular complexity index is 1080. The molecule has 2 aromatic heterocycles. The fourth-order valence-corrected chi connectivity index (χ4v) is 3.93. The minimum absolute atomic E-state index is 0. The van der Waals surface area contributed by atoms with E-state index in [0.717, 1.165) is 61.0 Å². The topological polar surface area (TPSA) is 72.2 Å². The van der Waals surface area contributed by atoms with E-state index in [4.69, 9.17) is 14.5 Å². The SMILES string of the molecule is CN=C(NCCc1cn2cccc(C)c2n1)NCc1ccc(C)cc1OCC1CCCO1.I. The van der Waals surface area contributed by atoms with E-state index in [1.165, 1.54) is 11.1 Å². The van der Waals surface area contributed by atoms with Gasteiger partial charge in [0.2, 0.25) is 0 Å². The second-order valence-corrected chi connectivity index (χ2v) is 8.31. The zero-order valence-corrected chi connectivity index (χ0v) is 22.0. The zero-order valence-electron chi connectivity index (χ0n) is 19.6. The average molecular weight is 563 g/mol. The van der Waals surface area contributed by atoms with Crippen molar-refractivity contribution in [2.75, 3.05) is 26.8 Å². The summed E-state index contributed by atoms with van der Waals surface area (Å²) in [6.07, 6.45) is 7.34. The smallest absolute Gasteiger partial charge is 0.191 e. The zero-order chi connectivity index (χ0) is 22.3. The van der Waals surface area contributed by atoms with Crippen LogP contribution in [0.15, 0.2) is 47.7 Å². The summed E-state index contributed by atoms with van der Waals surface area (Å²) < 4.78 is 13.9. The predicted octanol–water partition coefficient (Wildman–Crippen LogP) is 4.03. The maximum atomic E-state index is 6.11. The molecule has 0 bridgehead atoms. The van der Waals surface area contributed by atoms with Crippen molar-refractivity contribution < 1.29 is 9.47 Å².